The maximum atomic E-state index is 12.2. The third kappa shape index (κ3) is 4.44. The smallest absolute Gasteiger partial charge is 0.224 e. The molecule has 128 valence electrons. The second kappa shape index (κ2) is 8.10. The SMILES string of the molecule is CCOc1ccc(CC(=O)NCc2nccnc2-c2ccco2)cc1. The first-order chi connectivity index (χ1) is 12.3. The molecule has 0 saturated heterocycles. The lowest BCUT2D eigenvalue weighted by atomic mass is 10.1. The summed E-state index contributed by atoms with van der Waals surface area (Å²) < 4.78 is 10.8. The Morgan fingerprint density at radius 3 is 2.68 bits per heavy atom. The van der Waals surface area contributed by atoms with E-state index in [9.17, 15) is 4.79 Å². The lowest BCUT2D eigenvalue weighted by Gasteiger charge is -2.08. The average Bonchev–Trinajstić information content (AvgIpc) is 3.17. The van der Waals surface area contributed by atoms with Gasteiger partial charge in [0, 0.05) is 12.4 Å². The van der Waals surface area contributed by atoms with E-state index in [1.165, 1.54) is 0 Å². The van der Waals surface area contributed by atoms with Crippen LogP contribution in [0.15, 0.2) is 59.5 Å². The maximum absolute atomic E-state index is 12.2. The fourth-order valence-corrected chi connectivity index (χ4v) is 2.42. The standard InChI is InChI=1S/C19H19N3O3/c1-2-24-15-7-5-14(6-8-15)12-18(23)22-13-16-19(21-10-9-20-16)17-4-3-11-25-17/h3-11H,2,12-13H2,1H3,(H,22,23). The molecular weight excluding hydrogens is 318 g/mol. The summed E-state index contributed by atoms with van der Waals surface area (Å²) in [6.07, 6.45) is 5.07. The Morgan fingerprint density at radius 1 is 1.16 bits per heavy atom. The van der Waals surface area contributed by atoms with E-state index >= 15 is 0 Å². The molecule has 3 rings (SSSR count). The van der Waals surface area contributed by atoms with Gasteiger partial charge in [-0.15, -0.1) is 0 Å². The van der Waals surface area contributed by atoms with Crippen molar-refractivity contribution in [1.29, 1.82) is 0 Å². The largest absolute Gasteiger partial charge is 0.494 e. The van der Waals surface area contributed by atoms with Crippen molar-refractivity contribution in [1.82, 2.24) is 15.3 Å². The van der Waals surface area contributed by atoms with Crippen LogP contribution < -0.4 is 10.1 Å². The fraction of sp³-hybridized carbons (Fsp3) is 0.211. The summed E-state index contributed by atoms with van der Waals surface area (Å²) in [6, 6.07) is 11.1. The van der Waals surface area contributed by atoms with E-state index in [1.54, 1.807) is 24.7 Å². The highest BCUT2D eigenvalue weighted by atomic mass is 16.5. The first kappa shape index (κ1) is 16.7. The molecule has 3 aromatic rings. The molecule has 0 aliphatic carbocycles. The predicted molar refractivity (Wildman–Crippen MR) is 92.9 cm³/mol. The van der Waals surface area contributed by atoms with Crippen LogP contribution in [0.4, 0.5) is 0 Å². The normalized spacial score (nSPS) is 10.4. The highest BCUT2D eigenvalue weighted by molar-refractivity contribution is 5.78. The molecular formula is C19H19N3O3. The van der Waals surface area contributed by atoms with E-state index in [0.29, 0.717) is 36.7 Å². The number of hydrogen-bond donors (Lipinski definition) is 1. The van der Waals surface area contributed by atoms with Crippen molar-refractivity contribution in [2.24, 2.45) is 0 Å². The Kier molecular flexibility index (Phi) is 5.41. The van der Waals surface area contributed by atoms with Gasteiger partial charge in [-0.2, -0.15) is 0 Å². The molecule has 6 nitrogen and oxygen atoms in total. The number of carbonyl (C=O) groups is 1. The van der Waals surface area contributed by atoms with Crippen LogP contribution >= 0.6 is 0 Å². The minimum absolute atomic E-state index is 0.0831. The second-order valence-electron chi connectivity index (χ2n) is 5.36. The van der Waals surface area contributed by atoms with Crippen LogP contribution in [0, 0.1) is 0 Å². The van der Waals surface area contributed by atoms with Crippen LogP contribution in [0.5, 0.6) is 5.75 Å². The van der Waals surface area contributed by atoms with Crippen LogP contribution in [0.3, 0.4) is 0 Å². The van der Waals surface area contributed by atoms with Gasteiger partial charge >= 0.3 is 0 Å². The zero-order valence-corrected chi connectivity index (χ0v) is 13.9. The molecule has 1 aromatic carbocycles. The van der Waals surface area contributed by atoms with Crippen molar-refractivity contribution in [3.63, 3.8) is 0 Å². The molecule has 0 fully saturated rings. The van der Waals surface area contributed by atoms with Crippen LogP contribution in [-0.4, -0.2) is 22.5 Å². The highest BCUT2D eigenvalue weighted by Gasteiger charge is 2.11. The number of amides is 1. The summed E-state index contributed by atoms with van der Waals surface area (Å²) in [5.74, 6) is 1.35. The molecule has 0 spiro atoms. The molecule has 2 heterocycles. The lowest BCUT2D eigenvalue weighted by Crippen LogP contribution is -2.25. The third-order valence-electron chi connectivity index (χ3n) is 3.58. The van der Waals surface area contributed by atoms with Gasteiger partial charge in [-0.3, -0.25) is 9.78 Å². The van der Waals surface area contributed by atoms with E-state index in [-0.39, 0.29) is 5.91 Å². The summed E-state index contributed by atoms with van der Waals surface area (Å²) in [6.45, 7) is 2.85. The minimum atomic E-state index is -0.0831. The number of benzene rings is 1. The summed E-state index contributed by atoms with van der Waals surface area (Å²) in [7, 11) is 0. The summed E-state index contributed by atoms with van der Waals surface area (Å²) in [5, 5.41) is 2.88. The number of hydrogen-bond acceptors (Lipinski definition) is 5. The van der Waals surface area contributed by atoms with Gasteiger partial charge in [0.2, 0.25) is 5.91 Å². The molecule has 25 heavy (non-hydrogen) atoms. The van der Waals surface area contributed by atoms with Crippen molar-refractivity contribution >= 4 is 5.91 Å². The van der Waals surface area contributed by atoms with E-state index in [0.717, 1.165) is 11.3 Å². The van der Waals surface area contributed by atoms with E-state index in [1.807, 2.05) is 37.3 Å². The van der Waals surface area contributed by atoms with Gasteiger partial charge in [0.25, 0.3) is 0 Å². The number of furan rings is 1. The van der Waals surface area contributed by atoms with Gasteiger partial charge in [-0.25, -0.2) is 4.98 Å². The molecule has 0 atom stereocenters. The van der Waals surface area contributed by atoms with Crippen molar-refractivity contribution in [3.05, 3.63) is 66.3 Å². The molecule has 0 unspecified atom stereocenters. The first-order valence-electron chi connectivity index (χ1n) is 8.08. The Labute approximate surface area is 145 Å². The predicted octanol–water partition coefficient (Wildman–Crippen LogP) is 2.99. The molecule has 2 aromatic heterocycles. The van der Waals surface area contributed by atoms with Crippen LogP contribution in [0.2, 0.25) is 0 Å². The number of aromatic nitrogens is 2. The number of carbonyl (C=O) groups excluding carboxylic acids is 1. The van der Waals surface area contributed by atoms with E-state index in [2.05, 4.69) is 15.3 Å². The van der Waals surface area contributed by atoms with Crippen molar-refractivity contribution in [2.45, 2.75) is 19.9 Å². The monoisotopic (exact) mass is 337 g/mol. The summed E-state index contributed by atoms with van der Waals surface area (Å²) in [4.78, 5) is 20.8. The summed E-state index contributed by atoms with van der Waals surface area (Å²) in [5.41, 5.74) is 2.22. The number of nitrogens with one attached hydrogen (secondary N) is 1. The molecule has 1 N–H and O–H groups in total. The molecule has 0 aliphatic rings. The number of ether oxygens (including phenoxy) is 1. The van der Waals surface area contributed by atoms with Gasteiger partial charge < -0.3 is 14.5 Å². The minimum Gasteiger partial charge on any atom is -0.494 e. The van der Waals surface area contributed by atoms with Gasteiger partial charge in [0.1, 0.15) is 11.4 Å². The third-order valence-corrected chi connectivity index (χ3v) is 3.58. The lowest BCUT2D eigenvalue weighted by molar-refractivity contribution is -0.120. The fourth-order valence-electron chi connectivity index (χ4n) is 2.42. The maximum Gasteiger partial charge on any atom is 0.224 e. The molecule has 0 radical (unpaired) electrons. The van der Waals surface area contributed by atoms with Crippen molar-refractivity contribution in [2.75, 3.05) is 6.61 Å². The molecule has 0 saturated carbocycles. The quantitative estimate of drug-likeness (QED) is 0.717. The van der Waals surface area contributed by atoms with Crippen LogP contribution in [-0.2, 0) is 17.8 Å². The number of rotatable bonds is 7. The van der Waals surface area contributed by atoms with Gasteiger partial charge in [0.05, 0.1) is 31.5 Å². The molecule has 6 heteroatoms. The van der Waals surface area contributed by atoms with E-state index in [4.69, 9.17) is 9.15 Å². The zero-order chi connectivity index (χ0) is 17.5. The van der Waals surface area contributed by atoms with Gasteiger partial charge in [-0.05, 0) is 36.8 Å². The zero-order valence-electron chi connectivity index (χ0n) is 13.9. The van der Waals surface area contributed by atoms with Gasteiger partial charge in [-0.1, -0.05) is 12.1 Å². The van der Waals surface area contributed by atoms with Gasteiger partial charge in [0.15, 0.2) is 5.76 Å². The molecule has 0 aliphatic heterocycles. The Morgan fingerprint density at radius 2 is 1.96 bits per heavy atom. The topological polar surface area (TPSA) is 77.2 Å². The van der Waals surface area contributed by atoms with Crippen molar-refractivity contribution < 1.29 is 13.9 Å². The van der Waals surface area contributed by atoms with Crippen LogP contribution in [0.1, 0.15) is 18.2 Å². The average molecular weight is 337 g/mol. The second-order valence-corrected chi connectivity index (χ2v) is 5.36. The van der Waals surface area contributed by atoms with Crippen molar-refractivity contribution in [3.8, 4) is 17.2 Å². The number of nitrogens with zero attached hydrogens (tertiary/aromatic N) is 2. The molecule has 0 bridgehead atoms. The molecule has 1 amide bonds. The summed E-state index contributed by atoms with van der Waals surface area (Å²) >= 11 is 0. The van der Waals surface area contributed by atoms with E-state index < -0.39 is 0 Å². The van der Waals surface area contributed by atoms with Crippen LogP contribution in [0.25, 0.3) is 11.5 Å². The Balaban J connectivity index is 1.59. The Bertz CT molecular complexity index is 814. The highest BCUT2D eigenvalue weighted by Crippen LogP contribution is 2.19. The Hall–Kier alpha value is -3.15. The first-order valence-corrected chi connectivity index (χ1v) is 8.08.